The van der Waals surface area contributed by atoms with Gasteiger partial charge in [0.15, 0.2) is 0 Å². The van der Waals surface area contributed by atoms with E-state index >= 15 is 0 Å². The summed E-state index contributed by atoms with van der Waals surface area (Å²) in [5.41, 5.74) is 0. The van der Waals surface area contributed by atoms with Gasteiger partial charge in [-0.15, -0.1) is 0 Å². The fourth-order valence-electron chi connectivity index (χ4n) is 5.05. The van der Waals surface area contributed by atoms with Crippen LogP contribution >= 0.6 is 0 Å². The third-order valence-electron chi connectivity index (χ3n) is 6.11. The van der Waals surface area contributed by atoms with Crippen molar-refractivity contribution in [2.75, 3.05) is 39.9 Å². The topological polar surface area (TPSA) is 24.5 Å². The molecule has 2 saturated carbocycles. The molecule has 3 nitrogen and oxygen atoms in total. The molecule has 0 aromatic rings. The predicted molar refractivity (Wildman–Crippen MR) is 87.4 cm³/mol. The molecule has 5 unspecified atom stereocenters. The molecule has 1 saturated heterocycles. The van der Waals surface area contributed by atoms with E-state index in [2.05, 4.69) is 24.2 Å². The average molecular weight is 294 g/mol. The minimum absolute atomic E-state index is 0.668. The Labute approximate surface area is 130 Å². The zero-order valence-corrected chi connectivity index (χ0v) is 14.0. The molecule has 0 amide bonds. The van der Waals surface area contributed by atoms with Crippen molar-refractivity contribution in [3.8, 4) is 0 Å². The summed E-state index contributed by atoms with van der Waals surface area (Å²) in [6.45, 7) is 7.81. The van der Waals surface area contributed by atoms with Crippen LogP contribution in [0.3, 0.4) is 0 Å². The summed E-state index contributed by atoms with van der Waals surface area (Å²) in [5, 5.41) is 3.74. The SMILES string of the molecule is CCCNC1CCOCC1CN(C)CC1CC2CCC1C2. The Hall–Kier alpha value is -0.120. The van der Waals surface area contributed by atoms with Crippen molar-refractivity contribution in [1.29, 1.82) is 0 Å². The largest absolute Gasteiger partial charge is 0.381 e. The van der Waals surface area contributed by atoms with Gasteiger partial charge in [0.2, 0.25) is 0 Å². The maximum absolute atomic E-state index is 5.75. The van der Waals surface area contributed by atoms with E-state index in [1.165, 1.54) is 51.6 Å². The highest BCUT2D eigenvalue weighted by molar-refractivity contribution is 4.91. The average Bonchev–Trinajstić information content (AvgIpc) is 3.09. The molecule has 3 fully saturated rings. The molecule has 0 aromatic heterocycles. The zero-order valence-electron chi connectivity index (χ0n) is 14.0. The van der Waals surface area contributed by atoms with Crippen LogP contribution in [0.15, 0.2) is 0 Å². The van der Waals surface area contributed by atoms with Gasteiger partial charge in [-0.3, -0.25) is 0 Å². The Morgan fingerprint density at radius 3 is 2.67 bits per heavy atom. The van der Waals surface area contributed by atoms with Gasteiger partial charge in [0.25, 0.3) is 0 Å². The van der Waals surface area contributed by atoms with Crippen LogP contribution in [0.5, 0.6) is 0 Å². The second-order valence-electron chi connectivity index (χ2n) is 7.84. The maximum Gasteiger partial charge on any atom is 0.0521 e. The zero-order chi connectivity index (χ0) is 14.7. The first-order valence-corrected chi connectivity index (χ1v) is 9.26. The van der Waals surface area contributed by atoms with Crippen molar-refractivity contribution in [2.45, 2.75) is 51.5 Å². The van der Waals surface area contributed by atoms with Gasteiger partial charge in [-0.2, -0.15) is 0 Å². The molecule has 1 N–H and O–H groups in total. The molecule has 2 aliphatic carbocycles. The van der Waals surface area contributed by atoms with E-state index in [-0.39, 0.29) is 0 Å². The van der Waals surface area contributed by atoms with Gasteiger partial charge in [0.05, 0.1) is 6.61 Å². The van der Waals surface area contributed by atoms with Crippen molar-refractivity contribution >= 4 is 0 Å². The third-order valence-corrected chi connectivity index (χ3v) is 6.11. The van der Waals surface area contributed by atoms with Crippen LogP contribution in [0.1, 0.15) is 45.4 Å². The molecular formula is C18H34N2O. The van der Waals surface area contributed by atoms with Gasteiger partial charge in [-0.1, -0.05) is 13.3 Å². The lowest BCUT2D eigenvalue weighted by molar-refractivity contribution is 0.0171. The lowest BCUT2D eigenvalue weighted by atomic mass is 9.88. The fourth-order valence-corrected chi connectivity index (χ4v) is 5.05. The lowest BCUT2D eigenvalue weighted by Crippen LogP contribution is -2.48. The number of rotatable bonds is 7. The predicted octanol–water partition coefficient (Wildman–Crippen LogP) is 2.76. The maximum atomic E-state index is 5.75. The number of nitrogens with one attached hydrogen (secondary N) is 1. The van der Waals surface area contributed by atoms with Gasteiger partial charge in [0.1, 0.15) is 0 Å². The number of hydrogen-bond acceptors (Lipinski definition) is 3. The minimum Gasteiger partial charge on any atom is -0.381 e. The highest BCUT2D eigenvalue weighted by Gasteiger charge is 2.39. The Morgan fingerprint density at radius 2 is 1.95 bits per heavy atom. The van der Waals surface area contributed by atoms with Crippen LogP contribution in [0.4, 0.5) is 0 Å². The minimum atomic E-state index is 0.668. The van der Waals surface area contributed by atoms with E-state index in [4.69, 9.17) is 4.74 Å². The molecule has 3 rings (SSSR count). The number of hydrogen-bond donors (Lipinski definition) is 1. The van der Waals surface area contributed by atoms with Gasteiger partial charge < -0.3 is 15.0 Å². The lowest BCUT2D eigenvalue weighted by Gasteiger charge is -2.36. The first kappa shape index (κ1) is 15.8. The molecule has 2 bridgehead atoms. The van der Waals surface area contributed by atoms with Gasteiger partial charge in [0, 0.05) is 31.7 Å². The van der Waals surface area contributed by atoms with Crippen LogP contribution in [0, 0.1) is 23.7 Å². The molecule has 3 aliphatic rings. The molecule has 0 aromatic carbocycles. The van der Waals surface area contributed by atoms with E-state index in [9.17, 15) is 0 Å². The smallest absolute Gasteiger partial charge is 0.0521 e. The molecule has 5 atom stereocenters. The third kappa shape index (κ3) is 4.00. The van der Waals surface area contributed by atoms with Crippen LogP contribution < -0.4 is 5.32 Å². The number of fused-ring (bicyclic) bond motifs is 2. The van der Waals surface area contributed by atoms with Gasteiger partial charge in [-0.25, -0.2) is 0 Å². The van der Waals surface area contributed by atoms with Crippen LogP contribution in [0.25, 0.3) is 0 Å². The molecule has 0 radical (unpaired) electrons. The molecule has 1 aliphatic heterocycles. The van der Waals surface area contributed by atoms with E-state index in [1.54, 1.807) is 0 Å². The van der Waals surface area contributed by atoms with E-state index < -0.39 is 0 Å². The fraction of sp³-hybridized carbons (Fsp3) is 1.00. The first-order chi connectivity index (χ1) is 10.3. The molecular weight excluding hydrogens is 260 g/mol. The van der Waals surface area contributed by atoms with Crippen LogP contribution in [-0.2, 0) is 4.74 Å². The molecule has 21 heavy (non-hydrogen) atoms. The summed E-state index contributed by atoms with van der Waals surface area (Å²) in [5.74, 6) is 3.79. The van der Waals surface area contributed by atoms with Gasteiger partial charge >= 0.3 is 0 Å². The van der Waals surface area contributed by atoms with Crippen molar-refractivity contribution < 1.29 is 4.74 Å². The second-order valence-corrected chi connectivity index (χ2v) is 7.84. The summed E-state index contributed by atoms with van der Waals surface area (Å²) >= 11 is 0. The van der Waals surface area contributed by atoms with Crippen molar-refractivity contribution in [3.63, 3.8) is 0 Å². The monoisotopic (exact) mass is 294 g/mol. The Kier molecular flexibility index (Phi) is 5.58. The normalized spacial score (nSPS) is 39.3. The van der Waals surface area contributed by atoms with Crippen molar-refractivity contribution in [1.82, 2.24) is 10.2 Å². The second kappa shape index (κ2) is 7.43. The highest BCUT2D eigenvalue weighted by atomic mass is 16.5. The molecule has 0 spiro atoms. The van der Waals surface area contributed by atoms with Crippen molar-refractivity contribution in [3.05, 3.63) is 0 Å². The summed E-state index contributed by atoms with van der Waals surface area (Å²) in [6, 6.07) is 0.668. The summed E-state index contributed by atoms with van der Waals surface area (Å²) in [6.07, 6.45) is 8.48. The summed E-state index contributed by atoms with van der Waals surface area (Å²) in [7, 11) is 2.33. The number of ether oxygens (including phenoxy) is 1. The Balaban J connectivity index is 1.45. The van der Waals surface area contributed by atoms with Gasteiger partial charge in [-0.05, 0) is 63.5 Å². The molecule has 3 heteroatoms. The molecule has 1 heterocycles. The summed E-state index contributed by atoms with van der Waals surface area (Å²) in [4.78, 5) is 2.60. The quantitative estimate of drug-likeness (QED) is 0.781. The Bertz CT molecular complexity index is 322. The Morgan fingerprint density at radius 1 is 1.10 bits per heavy atom. The van der Waals surface area contributed by atoms with E-state index in [0.717, 1.165) is 37.5 Å². The molecule has 122 valence electrons. The summed E-state index contributed by atoms with van der Waals surface area (Å²) < 4.78 is 5.75. The van der Waals surface area contributed by atoms with Crippen LogP contribution in [0.2, 0.25) is 0 Å². The van der Waals surface area contributed by atoms with E-state index in [1.807, 2.05) is 0 Å². The van der Waals surface area contributed by atoms with Crippen LogP contribution in [-0.4, -0.2) is 50.8 Å². The van der Waals surface area contributed by atoms with Crippen molar-refractivity contribution in [2.24, 2.45) is 23.7 Å². The van der Waals surface area contributed by atoms with E-state index in [0.29, 0.717) is 12.0 Å². The highest BCUT2D eigenvalue weighted by Crippen LogP contribution is 2.48. The standard InChI is InChI=1S/C18H34N2O/c1-3-7-19-18-6-8-21-13-17(18)12-20(2)11-16-10-14-4-5-15(16)9-14/h14-19H,3-13H2,1-2H3. The number of nitrogens with zero attached hydrogens (tertiary/aromatic N) is 1. The first-order valence-electron chi connectivity index (χ1n) is 9.26.